The Kier molecular flexibility index (Phi) is 1.71. The van der Waals surface area contributed by atoms with Crippen molar-refractivity contribution < 1.29 is 0 Å². The third-order valence-corrected chi connectivity index (χ3v) is 3.67. The van der Waals surface area contributed by atoms with Crippen LogP contribution in [-0.4, -0.2) is 9.78 Å². The highest BCUT2D eigenvalue weighted by Gasteiger charge is 2.34. The highest BCUT2D eigenvalue weighted by atomic mass is 15.3. The van der Waals surface area contributed by atoms with Gasteiger partial charge in [-0.15, -0.1) is 0 Å². The Morgan fingerprint density at radius 3 is 2.79 bits per heavy atom. The van der Waals surface area contributed by atoms with Gasteiger partial charge in [0.15, 0.2) is 0 Å². The lowest BCUT2D eigenvalue weighted by Gasteiger charge is -2.20. The molecule has 0 radical (unpaired) electrons. The molecule has 0 atom stereocenters. The minimum absolute atomic E-state index is 0.0999. The smallest absolute Gasteiger partial charge is 0.0826 e. The topological polar surface area (TPSA) is 43.8 Å². The lowest BCUT2D eigenvalue weighted by atomic mass is 9.94. The van der Waals surface area contributed by atoms with Crippen molar-refractivity contribution in [3.8, 4) is 0 Å². The zero-order valence-corrected chi connectivity index (χ0v) is 8.50. The number of nitrogens with zero attached hydrogens (tertiary/aromatic N) is 2. The van der Waals surface area contributed by atoms with Crippen LogP contribution in [0, 0.1) is 0 Å². The van der Waals surface area contributed by atoms with E-state index in [0.29, 0.717) is 0 Å². The molecule has 3 heteroatoms. The fourth-order valence-electron chi connectivity index (χ4n) is 2.77. The predicted octanol–water partition coefficient (Wildman–Crippen LogP) is 1.56. The monoisotopic (exact) mass is 191 g/mol. The van der Waals surface area contributed by atoms with Gasteiger partial charge in [-0.25, -0.2) is 0 Å². The molecular weight excluding hydrogens is 174 g/mol. The van der Waals surface area contributed by atoms with Crippen molar-refractivity contribution in [1.82, 2.24) is 9.78 Å². The highest BCUT2D eigenvalue weighted by Crippen LogP contribution is 2.36. The Hall–Kier alpha value is -0.830. The van der Waals surface area contributed by atoms with Gasteiger partial charge >= 0.3 is 0 Å². The fourth-order valence-corrected chi connectivity index (χ4v) is 2.77. The predicted molar refractivity (Wildman–Crippen MR) is 54.9 cm³/mol. The van der Waals surface area contributed by atoms with Crippen LogP contribution in [-0.2, 0) is 18.5 Å². The van der Waals surface area contributed by atoms with E-state index in [4.69, 9.17) is 5.73 Å². The Morgan fingerprint density at radius 2 is 2.07 bits per heavy atom. The van der Waals surface area contributed by atoms with Crippen LogP contribution in [0.25, 0.3) is 0 Å². The summed E-state index contributed by atoms with van der Waals surface area (Å²) in [7, 11) is 0. The van der Waals surface area contributed by atoms with Crippen LogP contribution in [0.5, 0.6) is 0 Å². The van der Waals surface area contributed by atoms with E-state index < -0.39 is 0 Å². The Bertz CT molecular complexity index is 326. The van der Waals surface area contributed by atoms with Gasteiger partial charge in [-0.3, -0.25) is 4.68 Å². The molecule has 1 aromatic heterocycles. The van der Waals surface area contributed by atoms with Crippen LogP contribution >= 0.6 is 0 Å². The lowest BCUT2D eigenvalue weighted by Crippen LogP contribution is -2.33. The minimum atomic E-state index is -0.0999. The zero-order chi connectivity index (χ0) is 9.60. The summed E-state index contributed by atoms with van der Waals surface area (Å²) in [6.07, 6.45) is 7.19. The Morgan fingerprint density at radius 1 is 1.29 bits per heavy atom. The van der Waals surface area contributed by atoms with Crippen LogP contribution < -0.4 is 5.73 Å². The van der Waals surface area contributed by atoms with E-state index in [1.807, 2.05) is 0 Å². The molecule has 2 N–H and O–H groups in total. The second-order valence-corrected chi connectivity index (χ2v) is 4.71. The molecule has 3 rings (SSSR count). The van der Waals surface area contributed by atoms with E-state index in [-0.39, 0.29) is 5.54 Å². The number of rotatable bonds is 1. The third kappa shape index (κ3) is 1.12. The molecule has 0 saturated heterocycles. The van der Waals surface area contributed by atoms with Crippen LogP contribution in [0.2, 0.25) is 0 Å². The summed E-state index contributed by atoms with van der Waals surface area (Å²) in [6, 6.07) is 2.23. The first-order chi connectivity index (χ1) is 6.78. The van der Waals surface area contributed by atoms with Gasteiger partial charge in [0, 0.05) is 12.2 Å². The third-order valence-electron chi connectivity index (χ3n) is 3.67. The zero-order valence-electron chi connectivity index (χ0n) is 8.50. The van der Waals surface area contributed by atoms with Crippen LogP contribution in [0.3, 0.4) is 0 Å². The molecule has 14 heavy (non-hydrogen) atoms. The van der Waals surface area contributed by atoms with Gasteiger partial charge in [0.2, 0.25) is 0 Å². The number of fused-ring (bicyclic) bond motifs is 1. The van der Waals surface area contributed by atoms with Crippen molar-refractivity contribution in [3.05, 3.63) is 17.5 Å². The van der Waals surface area contributed by atoms with Gasteiger partial charge in [0.1, 0.15) is 0 Å². The van der Waals surface area contributed by atoms with E-state index in [1.165, 1.54) is 31.4 Å². The van der Waals surface area contributed by atoms with Crippen molar-refractivity contribution in [2.24, 2.45) is 5.73 Å². The fraction of sp³-hybridized carbons (Fsp3) is 0.727. The van der Waals surface area contributed by atoms with Crippen molar-refractivity contribution in [2.45, 2.75) is 50.6 Å². The van der Waals surface area contributed by atoms with Crippen molar-refractivity contribution in [2.75, 3.05) is 0 Å². The van der Waals surface area contributed by atoms with Crippen molar-refractivity contribution >= 4 is 0 Å². The first-order valence-corrected chi connectivity index (χ1v) is 5.64. The van der Waals surface area contributed by atoms with Gasteiger partial charge in [0.25, 0.3) is 0 Å². The summed E-state index contributed by atoms with van der Waals surface area (Å²) < 4.78 is 2.14. The van der Waals surface area contributed by atoms with Gasteiger partial charge in [-0.1, -0.05) is 12.8 Å². The van der Waals surface area contributed by atoms with Gasteiger partial charge in [0.05, 0.1) is 11.2 Å². The molecule has 1 saturated carbocycles. The van der Waals surface area contributed by atoms with E-state index in [0.717, 1.165) is 25.1 Å². The number of aryl methyl sites for hydroxylation is 2. The normalized spacial score (nSPS) is 24.1. The molecule has 1 aliphatic heterocycles. The maximum absolute atomic E-state index is 6.37. The maximum Gasteiger partial charge on any atom is 0.0826 e. The summed E-state index contributed by atoms with van der Waals surface area (Å²) in [5.74, 6) is 0. The molecule has 1 fully saturated rings. The molecule has 1 aromatic rings. The molecule has 2 aliphatic rings. The summed E-state index contributed by atoms with van der Waals surface area (Å²) >= 11 is 0. The van der Waals surface area contributed by atoms with E-state index in [2.05, 4.69) is 15.8 Å². The summed E-state index contributed by atoms with van der Waals surface area (Å²) in [5.41, 5.74) is 8.79. The maximum atomic E-state index is 6.37. The summed E-state index contributed by atoms with van der Waals surface area (Å²) in [6.45, 7) is 1.09. The summed E-state index contributed by atoms with van der Waals surface area (Å²) in [5, 5.41) is 4.64. The summed E-state index contributed by atoms with van der Waals surface area (Å²) in [4.78, 5) is 0. The molecule has 2 heterocycles. The highest BCUT2D eigenvalue weighted by molar-refractivity contribution is 5.21. The standard InChI is InChI=1S/C11H17N3/c12-11(5-1-2-6-11)10-8-9-4-3-7-14(9)13-10/h8H,1-7,12H2. The Labute approximate surface area is 84.3 Å². The average Bonchev–Trinajstić information content (AvgIpc) is 2.75. The van der Waals surface area contributed by atoms with E-state index in [1.54, 1.807) is 0 Å². The quantitative estimate of drug-likeness (QED) is 0.732. The minimum Gasteiger partial charge on any atom is -0.320 e. The van der Waals surface area contributed by atoms with Gasteiger partial charge in [-0.2, -0.15) is 5.10 Å². The van der Waals surface area contributed by atoms with E-state index in [9.17, 15) is 0 Å². The molecule has 0 bridgehead atoms. The lowest BCUT2D eigenvalue weighted by molar-refractivity contribution is 0.437. The largest absolute Gasteiger partial charge is 0.320 e. The van der Waals surface area contributed by atoms with E-state index >= 15 is 0 Å². The molecule has 0 amide bonds. The van der Waals surface area contributed by atoms with Crippen LogP contribution in [0.15, 0.2) is 6.07 Å². The van der Waals surface area contributed by atoms with Gasteiger partial charge in [-0.05, 0) is 31.7 Å². The average molecular weight is 191 g/mol. The molecule has 76 valence electrons. The second-order valence-electron chi connectivity index (χ2n) is 4.71. The number of hydrogen-bond acceptors (Lipinski definition) is 2. The van der Waals surface area contributed by atoms with Crippen LogP contribution in [0.4, 0.5) is 0 Å². The molecule has 1 aliphatic carbocycles. The second kappa shape index (κ2) is 2.83. The van der Waals surface area contributed by atoms with Crippen molar-refractivity contribution in [3.63, 3.8) is 0 Å². The molecule has 0 spiro atoms. The first kappa shape index (κ1) is 8.48. The number of nitrogens with two attached hydrogens (primary N) is 1. The molecule has 0 unspecified atom stereocenters. The SMILES string of the molecule is NC1(c2cc3n(n2)CCC3)CCCC1. The Balaban J connectivity index is 1.96. The molecule has 3 nitrogen and oxygen atoms in total. The number of hydrogen-bond donors (Lipinski definition) is 1. The van der Waals surface area contributed by atoms with Crippen LogP contribution in [0.1, 0.15) is 43.5 Å². The number of aromatic nitrogens is 2. The molecular formula is C11H17N3. The van der Waals surface area contributed by atoms with Crippen molar-refractivity contribution in [1.29, 1.82) is 0 Å². The van der Waals surface area contributed by atoms with Gasteiger partial charge < -0.3 is 5.73 Å². The molecule has 0 aromatic carbocycles. The first-order valence-electron chi connectivity index (χ1n) is 5.64.